The lowest BCUT2D eigenvalue weighted by Gasteiger charge is -2.53. The molecule has 0 aromatic rings. The Morgan fingerprint density at radius 3 is 2.38 bits per heavy atom. The summed E-state index contributed by atoms with van der Waals surface area (Å²) in [5, 5.41) is 3.98. The predicted octanol–water partition coefficient (Wildman–Crippen LogP) is 4.59. The van der Waals surface area contributed by atoms with Gasteiger partial charge in [0.1, 0.15) is 0 Å². The molecule has 21 heavy (non-hydrogen) atoms. The third kappa shape index (κ3) is 4.69. The molecule has 0 aromatic heterocycles. The number of hydrogen-bond acceptors (Lipinski definition) is 2. The Bertz CT molecular complexity index is 299. The van der Waals surface area contributed by atoms with Crippen molar-refractivity contribution in [2.75, 3.05) is 19.6 Å². The lowest BCUT2D eigenvalue weighted by molar-refractivity contribution is 0.00754. The fourth-order valence-corrected chi connectivity index (χ4v) is 4.39. The number of hydrogen-bond donors (Lipinski definition) is 1. The van der Waals surface area contributed by atoms with Gasteiger partial charge in [0.15, 0.2) is 0 Å². The minimum Gasteiger partial charge on any atom is -0.308 e. The summed E-state index contributed by atoms with van der Waals surface area (Å²) in [7, 11) is 0. The normalized spacial score (nSPS) is 27.1. The Hall–Kier alpha value is -0.0800. The molecule has 1 unspecified atom stereocenters. The fraction of sp³-hybridized carbons (Fsp3) is 1.00. The highest BCUT2D eigenvalue weighted by Gasteiger charge is 2.42. The average Bonchev–Trinajstić information content (AvgIpc) is 2.43. The molecule has 1 heterocycles. The molecule has 1 N–H and O–H groups in total. The second kappa shape index (κ2) is 7.46. The molecule has 2 fully saturated rings. The second-order valence-electron chi connectivity index (χ2n) is 8.63. The molecule has 1 saturated heterocycles. The molecular formula is C19H38N2. The number of unbranched alkanes of at least 4 members (excludes halogenated alkanes) is 3. The monoisotopic (exact) mass is 294 g/mol. The maximum absolute atomic E-state index is 3.98. The Morgan fingerprint density at radius 2 is 1.76 bits per heavy atom. The van der Waals surface area contributed by atoms with E-state index in [9.17, 15) is 0 Å². The van der Waals surface area contributed by atoms with Crippen LogP contribution < -0.4 is 5.32 Å². The molecule has 0 aromatic carbocycles. The first-order chi connectivity index (χ1) is 9.97. The van der Waals surface area contributed by atoms with Gasteiger partial charge in [-0.1, -0.05) is 66.2 Å². The zero-order valence-corrected chi connectivity index (χ0v) is 15.0. The van der Waals surface area contributed by atoms with Crippen LogP contribution in [0, 0.1) is 5.41 Å². The van der Waals surface area contributed by atoms with E-state index in [1.807, 2.05) is 0 Å². The molecule has 124 valence electrons. The number of nitrogens with zero attached hydrogens (tertiary/aromatic N) is 1. The van der Waals surface area contributed by atoms with Gasteiger partial charge in [-0.3, -0.25) is 4.90 Å². The molecule has 1 atom stereocenters. The summed E-state index contributed by atoms with van der Waals surface area (Å²) < 4.78 is 0. The summed E-state index contributed by atoms with van der Waals surface area (Å²) >= 11 is 0. The molecule has 2 nitrogen and oxygen atoms in total. The van der Waals surface area contributed by atoms with Crippen LogP contribution in [0.4, 0.5) is 0 Å². The van der Waals surface area contributed by atoms with Crippen molar-refractivity contribution < 1.29 is 0 Å². The maximum Gasteiger partial charge on any atom is 0.0309 e. The van der Waals surface area contributed by atoms with E-state index in [0.29, 0.717) is 17.0 Å². The highest BCUT2D eigenvalue weighted by molar-refractivity contribution is 5.02. The van der Waals surface area contributed by atoms with Gasteiger partial charge in [-0.25, -0.2) is 0 Å². The zero-order chi connectivity index (χ0) is 15.3. The minimum atomic E-state index is 0.383. The summed E-state index contributed by atoms with van der Waals surface area (Å²) in [6, 6.07) is 0.701. The Balaban J connectivity index is 1.97. The van der Waals surface area contributed by atoms with Crippen LogP contribution in [0.25, 0.3) is 0 Å². The van der Waals surface area contributed by atoms with Gasteiger partial charge in [0.25, 0.3) is 0 Å². The highest BCUT2D eigenvalue weighted by Crippen LogP contribution is 2.35. The van der Waals surface area contributed by atoms with Crippen LogP contribution in [0.15, 0.2) is 0 Å². The van der Waals surface area contributed by atoms with Crippen LogP contribution >= 0.6 is 0 Å². The van der Waals surface area contributed by atoms with Crippen molar-refractivity contribution in [3.05, 3.63) is 0 Å². The zero-order valence-electron chi connectivity index (χ0n) is 15.0. The molecule has 0 radical (unpaired) electrons. The summed E-state index contributed by atoms with van der Waals surface area (Å²) in [4.78, 5) is 2.84. The van der Waals surface area contributed by atoms with Crippen molar-refractivity contribution in [1.29, 1.82) is 0 Å². The van der Waals surface area contributed by atoms with Crippen LogP contribution in [-0.2, 0) is 0 Å². The Labute approximate surface area is 133 Å². The van der Waals surface area contributed by atoms with Gasteiger partial charge >= 0.3 is 0 Å². The van der Waals surface area contributed by atoms with E-state index < -0.39 is 0 Å². The van der Waals surface area contributed by atoms with Gasteiger partial charge in [0.2, 0.25) is 0 Å². The van der Waals surface area contributed by atoms with Crippen molar-refractivity contribution >= 4 is 0 Å². The second-order valence-corrected chi connectivity index (χ2v) is 8.63. The SMILES string of the molecule is CCCCCCN1CC2(CCCCC2)NCC1C(C)(C)C. The number of rotatable bonds is 5. The van der Waals surface area contributed by atoms with Crippen LogP contribution in [0.3, 0.4) is 0 Å². The molecule has 1 aliphatic carbocycles. The van der Waals surface area contributed by atoms with Crippen LogP contribution in [0.2, 0.25) is 0 Å². The van der Waals surface area contributed by atoms with Gasteiger partial charge in [0.05, 0.1) is 0 Å². The van der Waals surface area contributed by atoms with E-state index in [0.717, 1.165) is 0 Å². The van der Waals surface area contributed by atoms with Crippen molar-refractivity contribution in [2.45, 2.75) is 97.1 Å². The Kier molecular flexibility index (Phi) is 6.14. The van der Waals surface area contributed by atoms with E-state index >= 15 is 0 Å². The topological polar surface area (TPSA) is 15.3 Å². The van der Waals surface area contributed by atoms with Gasteiger partial charge < -0.3 is 5.32 Å². The van der Waals surface area contributed by atoms with Crippen LogP contribution in [0.5, 0.6) is 0 Å². The van der Waals surface area contributed by atoms with Gasteiger partial charge in [-0.15, -0.1) is 0 Å². The molecule has 1 spiro atoms. The third-order valence-corrected chi connectivity index (χ3v) is 5.73. The molecule has 2 rings (SSSR count). The molecule has 0 amide bonds. The van der Waals surface area contributed by atoms with E-state index in [4.69, 9.17) is 0 Å². The van der Waals surface area contributed by atoms with Crippen molar-refractivity contribution in [1.82, 2.24) is 10.2 Å². The lowest BCUT2D eigenvalue weighted by Crippen LogP contribution is -2.67. The van der Waals surface area contributed by atoms with E-state index in [1.165, 1.54) is 77.4 Å². The molecule has 0 bridgehead atoms. The quantitative estimate of drug-likeness (QED) is 0.746. The molecule has 2 aliphatic rings. The van der Waals surface area contributed by atoms with Gasteiger partial charge in [0, 0.05) is 24.7 Å². The number of piperazine rings is 1. The number of nitrogens with one attached hydrogen (secondary N) is 1. The first-order valence-corrected chi connectivity index (χ1v) is 9.46. The van der Waals surface area contributed by atoms with Crippen LogP contribution in [0.1, 0.15) is 85.5 Å². The van der Waals surface area contributed by atoms with Gasteiger partial charge in [-0.05, 0) is 31.2 Å². The summed E-state index contributed by atoms with van der Waals surface area (Å²) in [6.07, 6.45) is 12.6. The molecular weight excluding hydrogens is 256 g/mol. The summed E-state index contributed by atoms with van der Waals surface area (Å²) in [6.45, 7) is 13.3. The first kappa shape index (κ1) is 17.3. The van der Waals surface area contributed by atoms with Crippen molar-refractivity contribution in [2.24, 2.45) is 5.41 Å². The molecule has 2 heteroatoms. The summed E-state index contributed by atoms with van der Waals surface area (Å²) in [5.41, 5.74) is 0.832. The largest absolute Gasteiger partial charge is 0.308 e. The summed E-state index contributed by atoms with van der Waals surface area (Å²) in [5.74, 6) is 0. The van der Waals surface area contributed by atoms with E-state index in [-0.39, 0.29) is 0 Å². The fourth-order valence-electron chi connectivity index (χ4n) is 4.39. The lowest BCUT2D eigenvalue weighted by atomic mass is 9.76. The van der Waals surface area contributed by atoms with E-state index in [2.05, 4.69) is 37.9 Å². The standard InChI is InChI=1S/C19H38N2/c1-5-6-7-11-14-21-16-19(12-9-8-10-13-19)20-15-17(21)18(2,3)4/h17,20H,5-16H2,1-4H3. The third-order valence-electron chi connectivity index (χ3n) is 5.73. The predicted molar refractivity (Wildman–Crippen MR) is 92.8 cm³/mol. The van der Waals surface area contributed by atoms with E-state index in [1.54, 1.807) is 0 Å². The first-order valence-electron chi connectivity index (χ1n) is 9.46. The van der Waals surface area contributed by atoms with Crippen LogP contribution in [-0.4, -0.2) is 36.1 Å². The minimum absolute atomic E-state index is 0.383. The Morgan fingerprint density at radius 1 is 1.05 bits per heavy atom. The van der Waals surface area contributed by atoms with Crippen molar-refractivity contribution in [3.63, 3.8) is 0 Å². The molecule has 1 aliphatic heterocycles. The maximum atomic E-state index is 3.98. The average molecular weight is 295 g/mol. The van der Waals surface area contributed by atoms with Gasteiger partial charge in [-0.2, -0.15) is 0 Å². The highest BCUT2D eigenvalue weighted by atomic mass is 15.3. The van der Waals surface area contributed by atoms with Crippen molar-refractivity contribution in [3.8, 4) is 0 Å². The smallest absolute Gasteiger partial charge is 0.0309 e. The molecule has 1 saturated carbocycles.